The highest BCUT2D eigenvalue weighted by Gasteiger charge is 2.09. The summed E-state index contributed by atoms with van der Waals surface area (Å²) in [7, 11) is 0. The number of rotatable bonds is 4. The lowest BCUT2D eigenvalue weighted by Gasteiger charge is -2.09. The number of aryl methyl sites for hydroxylation is 1. The van der Waals surface area contributed by atoms with Crippen LogP contribution in [0.5, 0.6) is 5.75 Å². The van der Waals surface area contributed by atoms with Crippen molar-refractivity contribution in [3.05, 3.63) is 58.1 Å². The molecule has 6 heteroatoms. The smallest absolute Gasteiger partial charge is 0.387 e. The molecule has 0 saturated carbocycles. The van der Waals surface area contributed by atoms with Gasteiger partial charge in [-0.05, 0) is 55.0 Å². The van der Waals surface area contributed by atoms with Crippen LogP contribution in [0.3, 0.4) is 0 Å². The number of hydrogen-bond acceptors (Lipinski definition) is 2. The molecule has 1 amide bonds. The molecule has 2 rings (SSSR count). The van der Waals surface area contributed by atoms with E-state index in [-0.39, 0.29) is 11.7 Å². The quantitative estimate of drug-likeness (QED) is 0.869. The summed E-state index contributed by atoms with van der Waals surface area (Å²) < 4.78 is 29.2. The third-order valence-electron chi connectivity index (χ3n) is 2.78. The highest BCUT2D eigenvalue weighted by atomic mass is 79.9. The first-order valence-electron chi connectivity index (χ1n) is 6.08. The Bertz CT molecular complexity index is 645. The van der Waals surface area contributed by atoms with Gasteiger partial charge in [0, 0.05) is 15.7 Å². The zero-order valence-corrected chi connectivity index (χ0v) is 12.7. The number of carbonyl (C=O) groups is 1. The summed E-state index contributed by atoms with van der Waals surface area (Å²) in [6.07, 6.45) is 0. The predicted octanol–water partition coefficient (Wildman–Crippen LogP) is 4.61. The summed E-state index contributed by atoms with van der Waals surface area (Å²) in [5.41, 5.74) is 1.96. The van der Waals surface area contributed by atoms with Gasteiger partial charge >= 0.3 is 6.61 Å². The number of carbonyl (C=O) groups excluding carboxylic acids is 1. The number of amides is 1. The molecule has 0 aromatic heterocycles. The molecule has 3 nitrogen and oxygen atoms in total. The number of anilines is 1. The zero-order valence-electron chi connectivity index (χ0n) is 11.1. The Morgan fingerprint density at radius 3 is 2.43 bits per heavy atom. The van der Waals surface area contributed by atoms with Crippen molar-refractivity contribution in [2.24, 2.45) is 0 Å². The summed E-state index contributed by atoms with van der Waals surface area (Å²) in [6, 6.07) is 11.0. The van der Waals surface area contributed by atoms with Crippen molar-refractivity contribution in [3.63, 3.8) is 0 Å². The third-order valence-corrected chi connectivity index (χ3v) is 3.27. The van der Waals surface area contributed by atoms with Gasteiger partial charge in [0.15, 0.2) is 0 Å². The molecule has 110 valence electrons. The molecule has 2 aromatic rings. The van der Waals surface area contributed by atoms with Crippen LogP contribution >= 0.6 is 15.9 Å². The first-order chi connectivity index (χ1) is 9.95. The SMILES string of the molecule is Cc1cc(Br)ccc1NC(=O)c1ccc(OC(F)F)cc1. The molecule has 0 heterocycles. The second-order valence-electron chi connectivity index (χ2n) is 4.32. The van der Waals surface area contributed by atoms with Crippen LogP contribution in [0.2, 0.25) is 0 Å². The van der Waals surface area contributed by atoms with E-state index in [1.165, 1.54) is 24.3 Å². The number of benzene rings is 2. The fourth-order valence-corrected chi connectivity index (χ4v) is 2.23. The van der Waals surface area contributed by atoms with Gasteiger partial charge in [-0.1, -0.05) is 15.9 Å². The fraction of sp³-hybridized carbons (Fsp3) is 0.133. The van der Waals surface area contributed by atoms with Gasteiger partial charge in [0.05, 0.1) is 0 Å². The number of nitrogens with one attached hydrogen (secondary N) is 1. The minimum atomic E-state index is -2.88. The number of hydrogen-bond donors (Lipinski definition) is 1. The maximum absolute atomic E-state index is 12.1. The van der Waals surface area contributed by atoms with E-state index in [1.807, 2.05) is 19.1 Å². The standard InChI is InChI=1S/C15H12BrF2NO2/c1-9-8-11(16)4-7-13(9)19-14(20)10-2-5-12(6-3-10)21-15(17)18/h2-8,15H,1H3,(H,19,20). The van der Waals surface area contributed by atoms with E-state index in [0.29, 0.717) is 11.3 Å². The largest absolute Gasteiger partial charge is 0.435 e. The Hall–Kier alpha value is -1.95. The Morgan fingerprint density at radius 2 is 1.86 bits per heavy atom. The molecule has 21 heavy (non-hydrogen) atoms. The van der Waals surface area contributed by atoms with Crippen molar-refractivity contribution < 1.29 is 18.3 Å². The topological polar surface area (TPSA) is 38.3 Å². The van der Waals surface area contributed by atoms with Crippen molar-refractivity contribution in [1.29, 1.82) is 0 Å². The van der Waals surface area contributed by atoms with Gasteiger partial charge in [-0.15, -0.1) is 0 Å². The van der Waals surface area contributed by atoms with E-state index < -0.39 is 6.61 Å². The number of ether oxygens (including phenoxy) is 1. The molecular formula is C15H12BrF2NO2. The monoisotopic (exact) mass is 355 g/mol. The van der Waals surface area contributed by atoms with Crippen molar-refractivity contribution in [3.8, 4) is 5.75 Å². The molecule has 1 N–H and O–H groups in total. The first-order valence-corrected chi connectivity index (χ1v) is 6.87. The van der Waals surface area contributed by atoms with Crippen molar-refractivity contribution >= 4 is 27.5 Å². The van der Waals surface area contributed by atoms with E-state index >= 15 is 0 Å². The number of alkyl halides is 2. The van der Waals surface area contributed by atoms with Crippen molar-refractivity contribution in [2.75, 3.05) is 5.32 Å². The summed E-state index contributed by atoms with van der Waals surface area (Å²) >= 11 is 3.35. The van der Waals surface area contributed by atoms with E-state index in [0.717, 1.165) is 10.0 Å². The van der Waals surface area contributed by atoms with Crippen molar-refractivity contribution in [2.45, 2.75) is 13.5 Å². The number of halogens is 3. The Kier molecular flexibility index (Phi) is 4.90. The molecule has 0 aliphatic carbocycles. The second kappa shape index (κ2) is 6.67. The lowest BCUT2D eigenvalue weighted by molar-refractivity contribution is -0.0498. The van der Waals surface area contributed by atoms with Crippen LogP contribution in [-0.4, -0.2) is 12.5 Å². The van der Waals surface area contributed by atoms with Gasteiger partial charge in [-0.2, -0.15) is 8.78 Å². The van der Waals surface area contributed by atoms with E-state index in [2.05, 4.69) is 26.0 Å². The third kappa shape index (κ3) is 4.26. The molecule has 0 radical (unpaired) electrons. The molecule has 0 aliphatic heterocycles. The van der Waals surface area contributed by atoms with Crippen LogP contribution in [0.25, 0.3) is 0 Å². The lowest BCUT2D eigenvalue weighted by atomic mass is 10.1. The zero-order chi connectivity index (χ0) is 15.4. The van der Waals surface area contributed by atoms with Gasteiger partial charge in [0.25, 0.3) is 5.91 Å². The maximum Gasteiger partial charge on any atom is 0.387 e. The highest BCUT2D eigenvalue weighted by Crippen LogP contribution is 2.21. The summed E-state index contributed by atoms with van der Waals surface area (Å²) in [5.74, 6) is -0.301. The van der Waals surface area contributed by atoms with Crippen LogP contribution in [0.4, 0.5) is 14.5 Å². The summed E-state index contributed by atoms with van der Waals surface area (Å²) in [4.78, 5) is 12.1. The highest BCUT2D eigenvalue weighted by molar-refractivity contribution is 9.10. The Balaban J connectivity index is 2.09. The Labute approximate surface area is 129 Å². The molecule has 0 spiro atoms. The normalized spacial score (nSPS) is 10.5. The summed E-state index contributed by atoms with van der Waals surface area (Å²) in [5, 5.41) is 2.77. The minimum Gasteiger partial charge on any atom is -0.435 e. The first kappa shape index (κ1) is 15.4. The fourth-order valence-electron chi connectivity index (χ4n) is 1.75. The average Bonchev–Trinajstić information content (AvgIpc) is 2.42. The van der Waals surface area contributed by atoms with E-state index in [9.17, 15) is 13.6 Å². The van der Waals surface area contributed by atoms with Gasteiger partial charge in [0.2, 0.25) is 0 Å². The molecule has 0 saturated heterocycles. The molecule has 0 bridgehead atoms. The van der Waals surface area contributed by atoms with Crippen LogP contribution in [0, 0.1) is 6.92 Å². The predicted molar refractivity (Wildman–Crippen MR) is 79.9 cm³/mol. The molecule has 2 aromatic carbocycles. The minimum absolute atomic E-state index is 0.0152. The van der Waals surface area contributed by atoms with Gasteiger partial charge in [-0.25, -0.2) is 0 Å². The van der Waals surface area contributed by atoms with Crippen molar-refractivity contribution in [1.82, 2.24) is 0 Å². The molecule has 0 aliphatic rings. The average molecular weight is 356 g/mol. The van der Waals surface area contributed by atoms with Crippen LogP contribution in [-0.2, 0) is 0 Å². The lowest BCUT2D eigenvalue weighted by Crippen LogP contribution is -2.12. The van der Waals surface area contributed by atoms with E-state index in [1.54, 1.807) is 6.07 Å². The molecule has 0 unspecified atom stereocenters. The van der Waals surface area contributed by atoms with Gasteiger partial charge in [-0.3, -0.25) is 4.79 Å². The summed E-state index contributed by atoms with van der Waals surface area (Å²) in [6.45, 7) is -1.00. The van der Waals surface area contributed by atoms with Crippen LogP contribution < -0.4 is 10.1 Å². The molecule has 0 atom stereocenters. The van der Waals surface area contributed by atoms with Gasteiger partial charge in [0.1, 0.15) is 5.75 Å². The molecule has 0 fully saturated rings. The Morgan fingerprint density at radius 1 is 1.19 bits per heavy atom. The van der Waals surface area contributed by atoms with Crippen LogP contribution in [0.1, 0.15) is 15.9 Å². The molecular weight excluding hydrogens is 344 g/mol. The van der Waals surface area contributed by atoms with Gasteiger partial charge < -0.3 is 10.1 Å². The second-order valence-corrected chi connectivity index (χ2v) is 5.23. The van der Waals surface area contributed by atoms with Crippen LogP contribution in [0.15, 0.2) is 46.9 Å². The maximum atomic E-state index is 12.1. The van der Waals surface area contributed by atoms with E-state index in [4.69, 9.17) is 0 Å².